The Morgan fingerprint density at radius 2 is 2.00 bits per heavy atom. The topological polar surface area (TPSA) is 104 Å². The van der Waals surface area contributed by atoms with Crippen LogP contribution in [-0.4, -0.2) is 23.0 Å². The van der Waals surface area contributed by atoms with E-state index >= 15 is 0 Å². The third kappa shape index (κ3) is 3.59. The van der Waals surface area contributed by atoms with E-state index in [2.05, 4.69) is 20.0 Å². The molecule has 110 valence electrons. The van der Waals surface area contributed by atoms with E-state index in [0.717, 1.165) is 11.3 Å². The molecule has 1 aromatic heterocycles. The summed E-state index contributed by atoms with van der Waals surface area (Å²) in [5.41, 5.74) is 1.50. The molecule has 0 bridgehead atoms. The number of benzene rings is 1. The van der Waals surface area contributed by atoms with Crippen molar-refractivity contribution in [1.29, 1.82) is 0 Å². The monoisotopic (exact) mass is 289 g/mol. The summed E-state index contributed by atoms with van der Waals surface area (Å²) in [6.45, 7) is 2.13. The highest BCUT2D eigenvalue weighted by atomic mass is 16.5. The number of hydrogen-bond donors (Lipinski definition) is 3. The first kappa shape index (κ1) is 14.6. The largest absolute Gasteiger partial charge is 0.465 e. The number of esters is 1. The van der Waals surface area contributed by atoms with Crippen molar-refractivity contribution < 1.29 is 9.53 Å². The Hall–Kier alpha value is -2.83. The molecular formula is C14H15N3O4. The zero-order valence-electron chi connectivity index (χ0n) is 11.6. The number of rotatable bonds is 4. The van der Waals surface area contributed by atoms with Gasteiger partial charge >= 0.3 is 11.7 Å². The zero-order chi connectivity index (χ0) is 15.4. The average molecular weight is 289 g/mol. The smallest absolute Gasteiger partial charge is 0.337 e. The normalized spacial score (nSPS) is 10.2. The van der Waals surface area contributed by atoms with E-state index in [4.69, 9.17) is 0 Å². The van der Waals surface area contributed by atoms with Crippen molar-refractivity contribution in [2.24, 2.45) is 0 Å². The van der Waals surface area contributed by atoms with Crippen molar-refractivity contribution in [1.82, 2.24) is 9.97 Å². The second kappa shape index (κ2) is 6.08. The molecule has 0 fully saturated rings. The molecule has 3 N–H and O–H groups in total. The van der Waals surface area contributed by atoms with Crippen LogP contribution in [0.2, 0.25) is 0 Å². The molecule has 7 heteroatoms. The van der Waals surface area contributed by atoms with Gasteiger partial charge in [0.1, 0.15) is 0 Å². The van der Waals surface area contributed by atoms with Crippen LogP contribution in [0, 0.1) is 6.92 Å². The highest BCUT2D eigenvalue weighted by molar-refractivity contribution is 5.90. The number of nitrogens with one attached hydrogen (secondary N) is 3. The fraction of sp³-hybridized carbons (Fsp3) is 0.214. The maximum absolute atomic E-state index is 11.5. The van der Waals surface area contributed by atoms with Gasteiger partial charge in [0.25, 0.3) is 5.56 Å². The molecule has 1 aromatic carbocycles. The Bertz CT molecular complexity index is 748. The Kier molecular flexibility index (Phi) is 4.22. The number of anilines is 1. The molecule has 0 saturated carbocycles. The maximum atomic E-state index is 11.5. The van der Waals surface area contributed by atoms with Crippen molar-refractivity contribution in [3.63, 3.8) is 0 Å². The van der Waals surface area contributed by atoms with Gasteiger partial charge in [-0.25, -0.2) is 9.59 Å². The van der Waals surface area contributed by atoms with E-state index in [1.165, 1.54) is 13.2 Å². The SMILES string of the molecule is COC(=O)c1ccc(C)c(NCc2cc(=O)[nH]c(=O)[nH]2)c1. The third-order valence-corrected chi connectivity index (χ3v) is 2.94. The van der Waals surface area contributed by atoms with Gasteiger partial charge in [0, 0.05) is 17.4 Å². The molecule has 2 rings (SSSR count). The summed E-state index contributed by atoms with van der Waals surface area (Å²) >= 11 is 0. The van der Waals surface area contributed by atoms with Gasteiger partial charge in [-0.2, -0.15) is 0 Å². The number of aromatic amines is 2. The van der Waals surface area contributed by atoms with Crippen LogP contribution < -0.4 is 16.6 Å². The number of hydrogen-bond acceptors (Lipinski definition) is 5. The van der Waals surface area contributed by atoms with Crippen LogP contribution in [-0.2, 0) is 11.3 Å². The van der Waals surface area contributed by atoms with Gasteiger partial charge in [0.15, 0.2) is 0 Å². The molecule has 0 unspecified atom stereocenters. The highest BCUT2D eigenvalue weighted by Crippen LogP contribution is 2.18. The summed E-state index contributed by atoms with van der Waals surface area (Å²) in [7, 11) is 1.32. The molecule has 0 amide bonds. The molecule has 2 aromatic rings. The van der Waals surface area contributed by atoms with Gasteiger partial charge in [-0.1, -0.05) is 6.07 Å². The predicted molar refractivity (Wildman–Crippen MR) is 77.5 cm³/mol. The lowest BCUT2D eigenvalue weighted by molar-refractivity contribution is 0.0601. The van der Waals surface area contributed by atoms with Crippen LogP contribution in [0.25, 0.3) is 0 Å². The van der Waals surface area contributed by atoms with Crippen molar-refractivity contribution in [3.8, 4) is 0 Å². The fourth-order valence-corrected chi connectivity index (χ4v) is 1.86. The molecule has 0 aliphatic rings. The molecule has 0 saturated heterocycles. The van der Waals surface area contributed by atoms with Crippen molar-refractivity contribution >= 4 is 11.7 Å². The van der Waals surface area contributed by atoms with Gasteiger partial charge in [-0.15, -0.1) is 0 Å². The first-order valence-electron chi connectivity index (χ1n) is 6.25. The number of aromatic nitrogens is 2. The Labute approximate surface area is 120 Å². The quantitative estimate of drug-likeness (QED) is 0.721. The molecule has 1 heterocycles. The van der Waals surface area contributed by atoms with Gasteiger partial charge in [-0.05, 0) is 24.6 Å². The second-order valence-corrected chi connectivity index (χ2v) is 4.49. The van der Waals surface area contributed by atoms with E-state index < -0.39 is 17.2 Å². The van der Waals surface area contributed by atoms with Gasteiger partial charge in [-0.3, -0.25) is 9.78 Å². The summed E-state index contributed by atoms with van der Waals surface area (Å²) in [5, 5.41) is 3.07. The minimum absolute atomic E-state index is 0.255. The van der Waals surface area contributed by atoms with E-state index in [1.54, 1.807) is 18.2 Å². The van der Waals surface area contributed by atoms with Crippen LogP contribution in [0.4, 0.5) is 5.69 Å². The molecule has 0 radical (unpaired) electrons. The standard InChI is InChI=1S/C14H15N3O4/c1-8-3-4-9(13(19)21-2)5-11(8)15-7-10-6-12(18)17-14(20)16-10/h3-6,15H,7H2,1-2H3,(H2,16,17,18,20). The average Bonchev–Trinajstić information content (AvgIpc) is 2.44. The molecule has 21 heavy (non-hydrogen) atoms. The minimum Gasteiger partial charge on any atom is -0.465 e. The Balaban J connectivity index is 2.21. The van der Waals surface area contributed by atoms with Crippen LogP contribution in [0.3, 0.4) is 0 Å². The van der Waals surface area contributed by atoms with Crippen LogP contribution in [0.15, 0.2) is 33.9 Å². The summed E-state index contributed by atoms with van der Waals surface area (Å²) in [4.78, 5) is 38.5. The second-order valence-electron chi connectivity index (χ2n) is 4.49. The molecule has 0 aliphatic heterocycles. The summed E-state index contributed by atoms with van der Waals surface area (Å²) in [6, 6.07) is 6.41. The Morgan fingerprint density at radius 1 is 1.24 bits per heavy atom. The van der Waals surface area contributed by atoms with Crippen molar-refractivity contribution in [2.45, 2.75) is 13.5 Å². The molecule has 0 spiro atoms. The number of carbonyl (C=O) groups excluding carboxylic acids is 1. The fourth-order valence-electron chi connectivity index (χ4n) is 1.86. The van der Waals surface area contributed by atoms with Crippen molar-refractivity contribution in [3.05, 3.63) is 61.9 Å². The first-order chi connectivity index (χ1) is 9.99. The summed E-state index contributed by atoms with van der Waals surface area (Å²) < 4.78 is 4.67. The van der Waals surface area contributed by atoms with Crippen molar-refractivity contribution in [2.75, 3.05) is 12.4 Å². The molecule has 0 aliphatic carbocycles. The first-order valence-corrected chi connectivity index (χ1v) is 6.25. The number of ether oxygens (including phenoxy) is 1. The summed E-state index contributed by atoms with van der Waals surface area (Å²) in [6.07, 6.45) is 0. The lowest BCUT2D eigenvalue weighted by atomic mass is 10.1. The number of methoxy groups -OCH3 is 1. The number of aryl methyl sites for hydroxylation is 1. The van der Waals surface area contributed by atoms with E-state index in [-0.39, 0.29) is 6.54 Å². The lowest BCUT2D eigenvalue weighted by Gasteiger charge is -2.10. The highest BCUT2D eigenvalue weighted by Gasteiger charge is 2.08. The van der Waals surface area contributed by atoms with E-state index in [0.29, 0.717) is 11.3 Å². The Morgan fingerprint density at radius 3 is 2.67 bits per heavy atom. The van der Waals surface area contributed by atoms with E-state index in [1.807, 2.05) is 6.92 Å². The maximum Gasteiger partial charge on any atom is 0.337 e. The van der Waals surface area contributed by atoms with Crippen LogP contribution in [0.5, 0.6) is 0 Å². The van der Waals surface area contributed by atoms with Gasteiger partial charge in [0.2, 0.25) is 0 Å². The van der Waals surface area contributed by atoms with E-state index in [9.17, 15) is 14.4 Å². The van der Waals surface area contributed by atoms with Crippen LogP contribution in [0.1, 0.15) is 21.6 Å². The van der Waals surface area contributed by atoms with Gasteiger partial charge < -0.3 is 15.0 Å². The van der Waals surface area contributed by atoms with Gasteiger partial charge in [0.05, 0.1) is 19.2 Å². The zero-order valence-corrected chi connectivity index (χ0v) is 11.6. The number of carbonyl (C=O) groups is 1. The molecule has 0 atom stereocenters. The summed E-state index contributed by atoms with van der Waals surface area (Å²) in [5.74, 6) is -0.428. The minimum atomic E-state index is -0.556. The molecular weight excluding hydrogens is 274 g/mol. The number of H-pyrrole nitrogens is 2. The van der Waals surface area contributed by atoms with Crippen LogP contribution >= 0.6 is 0 Å². The predicted octanol–water partition coefficient (Wildman–Crippen LogP) is 0.770. The molecule has 7 nitrogen and oxygen atoms in total. The third-order valence-electron chi connectivity index (χ3n) is 2.94. The lowest BCUT2D eigenvalue weighted by Crippen LogP contribution is -2.24.